The van der Waals surface area contributed by atoms with Crippen molar-refractivity contribution in [3.8, 4) is 11.4 Å². The molecule has 37 heavy (non-hydrogen) atoms. The number of fused-ring (bicyclic) bond motifs is 1. The summed E-state index contributed by atoms with van der Waals surface area (Å²) in [6.07, 6.45) is 4.55. The molecule has 1 atom stereocenters. The summed E-state index contributed by atoms with van der Waals surface area (Å²) in [6.45, 7) is 4.70. The number of benzene rings is 2. The largest absolute Gasteiger partial charge is 0.321 e. The first-order valence-corrected chi connectivity index (χ1v) is 12.9. The summed E-state index contributed by atoms with van der Waals surface area (Å²) in [7, 11) is 0. The highest BCUT2D eigenvalue weighted by Gasteiger charge is 2.35. The number of carbonyl (C=O) groups is 2. The van der Waals surface area contributed by atoms with E-state index in [1.165, 1.54) is 6.42 Å². The quantitative estimate of drug-likeness (QED) is 0.463. The molecule has 3 aromatic rings. The zero-order valence-corrected chi connectivity index (χ0v) is 21.1. The van der Waals surface area contributed by atoms with Crippen molar-refractivity contribution in [2.45, 2.75) is 52.1 Å². The average molecular weight is 501 g/mol. The monoisotopic (exact) mass is 500 g/mol. The lowest BCUT2D eigenvalue weighted by molar-refractivity contribution is -0.120. The predicted molar refractivity (Wildman–Crippen MR) is 142 cm³/mol. The van der Waals surface area contributed by atoms with Crippen molar-refractivity contribution in [2.75, 3.05) is 16.8 Å². The Morgan fingerprint density at radius 1 is 1.11 bits per heavy atom. The molecule has 1 aromatic heterocycles. The van der Waals surface area contributed by atoms with Crippen LogP contribution in [0.15, 0.2) is 53.5 Å². The zero-order valence-electron chi connectivity index (χ0n) is 21.1. The number of urea groups is 1. The Morgan fingerprint density at radius 2 is 1.92 bits per heavy atom. The number of tetrazole rings is 1. The summed E-state index contributed by atoms with van der Waals surface area (Å²) in [5.74, 6) is 0.771. The second kappa shape index (κ2) is 10.9. The summed E-state index contributed by atoms with van der Waals surface area (Å²) in [4.78, 5) is 33.7. The molecule has 1 aliphatic carbocycles. The van der Waals surface area contributed by atoms with Crippen molar-refractivity contribution >= 4 is 29.0 Å². The van der Waals surface area contributed by atoms with Crippen molar-refractivity contribution in [1.82, 2.24) is 25.9 Å². The van der Waals surface area contributed by atoms with E-state index in [4.69, 9.17) is 4.99 Å². The molecule has 2 heterocycles. The van der Waals surface area contributed by atoms with Crippen molar-refractivity contribution in [1.29, 1.82) is 0 Å². The van der Waals surface area contributed by atoms with E-state index in [2.05, 4.69) is 51.2 Å². The number of aromatic amines is 1. The highest BCUT2D eigenvalue weighted by Crippen LogP contribution is 2.34. The first kappa shape index (κ1) is 24.6. The first-order chi connectivity index (χ1) is 18.0. The van der Waals surface area contributed by atoms with Gasteiger partial charge in [0.25, 0.3) is 5.91 Å². The third-order valence-electron chi connectivity index (χ3n) is 6.79. The number of H-pyrrole nitrogens is 1. The Bertz CT molecular complexity index is 1280. The minimum atomic E-state index is -1.02. The van der Waals surface area contributed by atoms with Crippen molar-refractivity contribution in [3.63, 3.8) is 0 Å². The number of nitrogens with one attached hydrogen (secondary N) is 3. The topological polar surface area (TPSA) is 128 Å². The van der Waals surface area contributed by atoms with Gasteiger partial charge in [0, 0.05) is 29.3 Å². The molecule has 3 amide bonds. The number of aliphatic imine (C=N–C) groups is 1. The van der Waals surface area contributed by atoms with Gasteiger partial charge in [-0.05, 0) is 47.4 Å². The van der Waals surface area contributed by atoms with Gasteiger partial charge in [0.05, 0.1) is 11.4 Å². The number of amides is 3. The molecular weight excluding hydrogens is 468 g/mol. The van der Waals surface area contributed by atoms with Crippen LogP contribution in [0.4, 0.5) is 16.2 Å². The van der Waals surface area contributed by atoms with E-state index in [0.717, 1.165) is 48.2 Å². The predicted octanol–water partition coefficient (Wildman–Crippen LogP) is 4.39. The van der Waals surface area contributed by atoms with Gasteiger partial charge in [0.1, 0.15) is 0 Å². The summed E-state index contributed by atoms with van der Waals surface area (Å²) in [6, 6.07) is 14.6. The van der Waals surface area contributed by atoms with Crippen LogP contribution in [0.5, 0.6) is 0 Å². The third-order valence-corrected chi connectivity index (χ3v) is 6.79. The maximum absolute atomic E-state index is 13.8. The molecule has 1 saturated carbocycles. The number of anilines is 2. The SMILES string of the molecule is CC(C)CN1C(=O)[C@H](NC(=O)Nc2cccc(-c3nnn[nH]3)c2)N=C(C2CCCCC2)c2ccccc21. The molecule has 2 aliphatic rings. The van der Waals surface area contributed by atoms with Crippen molar-refractivity contribution in [3.05, 3.63) is 54.1 Å². The van der Waals surface area contributed by atoms with Crippen LogP contribution in [-0.4, -0.2) is 51.0 Å². The molecule has 10 nitrogen and oxygen atoms in total. The molecule has 0 spiro atoms. The van der Waals surface area contributed by atoms with Gasteiger partial charge < -0.3 is 15.5 Å². The Kier molecular flexibility index (Phi) is 7.25. The number of benzodiazepines with no additional fused rings is 1. The molecule has 0 saturated heterocycles. The zero-order chi connectivity index (χ0) is 25.8. The van der Waals surface area contributed by atoms with Crippen LogP contribution >= 0.6 is 0 Å². The fourth-order valence-corrected chi connectivity index (χ4v) is 5.12. The van der Waals surface area contributed by atoms with Crippen LogP contribution in [0.2, 0.25) is 0 Å². The number of hydrogen-bond acceptors (Lipinski definition) is 6. The number of carbonyl (C=O) groups excluding carboxylic acids is 2. The fourth-order valence-electron chi connectivity index (χ4n) is 5.12. The molecule has 192 valence electrons. The van der Waals surface area contributed by atoms with E-state index in [1.807, 2.05) is 24.3 Å². The van der Waals surface area contributed by atoms with E-state index in [0.29, 0.717) is 18.1 Å². The van der Waals surface area contributed by atoms with Crippen LogP contribution < -0.4 is 15.5 Å². The van der Waals surface area contributed by atoms with Gasteiger partial charge in [0.2, 0.25) is 6.17 Å². The standard InChI is InChI=1S/C27H32N8O2/c1-17(2)16-35-22-14-7-6-13-21(22)23(18-9-4-3-5-10-18)29-25(26(35)36)30-27(37)28-20-12-8-11-19(15-20)24-31-33-34-32-24/h6-8,11-15,17-18,25H,3-5,9-10,16H2,1-2H3,(H2,28,30,37)(H,31,32,33,34)/t25-/m0/s1. The lowest BCUT2D eigenvalue weighted by Gasteiger charge is -2.27. The summed E-state index contributed by atoms with van der Waals surface area (Å²) in [5, 5.41) is 19.5. The third kappa shape index (κ3) is 5.52. The Balaban J connectivity index is 1.44. The normalized spacial score (nSPS) is 18.2. The van der Waals surface area contributed by atoms with Crippen molar-refractivity contribution in [2.24, 2.45) is 16.8 Å². The second-order valence-corrected chi connectivity index (χ2v) is 10.0. The van der Waals surface area contributed by atoms with E-state index < -0.39 is 12.2 Å². The van der Waals surface area contributed by atoms with Crippen LogP contribution in [0.25, 0.3) is 11.4 Å². The fraction of sp³-hybridized carbons (Fsp3) is 0.407. The minimum absolute atomic E-state index is 0.233. The molecule has 0 unspecified atom stereocenters. The molecule has 2 aromatic carbocycles. The van der Waals surface area contributed by atoms with Crippen molar-refractivity contribution < 1.29 is 9.59 Å². The molecular formula is C27H32N8O2. The molecule has 0 bridgehead atoms. The maximum atomic E-state index is 13.8. The summed E-state index contributed by atoms with van der Waals surface area (Å²) in [5.41, 5.74) is 4.04. The van der Waals surface area contributed by atoms with E-state index >= 15 is 0 Å². The highest BCUT2D eigenvalue weighted by atomic mass is 16.2. The number of para-hydroxylation sites is 1. The lowest BCUT2D eigenvalue weighted by Crippen LogP contribution is -2.49. The molecule has 1 fully saturated rings. The van der Waals surface area contributed by atoms with Crippen LogP contribution in [0, 0.1) is 11.8 Å². The Morgan fingerprint density at radius 3 is 2.68 bits per heavy atom. The van der Waals surface area contributed by atoms with Gasteiger partial charge in [0.15, 0.2) is 5.82 Å². The van der Waals surface area contributed by atoms with E-state index in [9.17, 15) is 9.59 Å². The summed E-state index contributed by atoms with van der Waals surface area (Å²) < 4.78 is 0. The molecule has 10 heteroatoms. The molecule has 1 aliphatic heterocycles. The van der Waals surface area contributed by atoms with Gasteiger partial charge in [-0.1, -0.05) is 63.4 Å². The Hall–Kier alpha value is -4.08. The lowest BCUT2D eigenvalue weighted by atomic mass is 9.82. The molecule has 5 rings (SSSR count). The first-order valence-electron chi connectivity index (χ1n) is 12.9. The van der Waals surface area contributed by atoms with Crippen LogP contribution in [0.3, 0.4) is 0 Å². The van der Waals surface area contributed by atoms with Crippen LogP contribution in [-0.2, 0) is 4.79 Å². The van der Waals surface area contributed by atoms with Gasteiger partial charge >= 0.3 is 6.03 Å². The van der Waals surface area contributed by atoms with Crippen LogP contribution in [0.1, 0.15) is 51.5 Å². The Labute approximate surface area is 215 Å². The van der Waals surface area contributed by atoms with E-state index in [-0.39, 0.29) is 17.7 Å². The summed E-state index contributed by atoms with van der Waals surface area (Å²) >= 11 is 0. The second-order valence-electron chi connectivity index (χ2n) is 10.0. The number of hydrogen-bond donors (Lipinski definition) is 3. The molecule has 3 N–H and O–H groups in total. The minimum Gasteiger partial charge on any atom is -0.308 e. The number of nitrogens with zero attached hydrogens (tertiary/aromatic N) is 5. The maximum Gasteiger partial charge on any atom is 0.321 e. The van der Waals surface area contributed by atoms with Gasteiger partial charge in [-0.3, -0.25) is 9.79 Å². The smallest absolute Gasteiger partial charge is 0.308 e. The number of aromatic nitrogens is 4. The number of rotatable bonds is 6. The van der Waals surface area contributed by atoms with E-state index in [1.54, 1.807) is 23.1 Å². The average Bonchev–Trinajstić information content (AvgIpc) is 3.42. The van der Waals surface area contributed by atoms with Gasteiger partial charge in [-0.25, -0.2) is 9.89 Å². The highest BCUT2D eigenvalue weighted by molar-refractivity contribution is 6.14. The van der Waals surface area contributed by atoms with Gasteiger partial charge in [-0.2, -0.15) is 0 Å². The van der Waals surface area contributed by atoms with Gasteiger partial charge in [-0.15, -0.1) is 5.10 Å². The molecule has 0 radical (unpaired) electrons.